The molecule has 0 aliphatic heterocycles. The highest BCUT2D eigenvalue weighted by molar-refractivity contribution is 9.10. The van der Waals surface area contributed by atoms with Gasteiger partial charge in [-0.2, -0.15) is 9.78 Å². The Kier molecular flexibility index (Phi) is 2.48. The van der Waals surface area contributed by atoms with Crippen LogP contribution in [0.5, 0.6) is 0 Å². The van der Waals surface area contributed by atoms with E-state index >= 15 is 0 Å². The van der Waals surface area contributed by atoms with Crippen LogP contribution in [0.3, 0.4) is 0 Å². The van der Waals surface area contributed by atoms with Crippen molar-refractivity contribution in [2.75, 3.05) is 5.73 Å². The number of aromatic nitrogens is 5. The molecule has 18 heavy (non-hydrogen) atoms. The number of nitrogens with zero attached hydrogens (tertiary/aromatic N) is 5. The minimum absolute atomic E-state index is 0.431. The largest absolute Gasteiger partial charge is 0.383 e. The van der Waals surface area contributed by atoms with Gasteiger partial charge in [-0.15, -0.1) is 0 Å². The SMILES string of the molecule is Cc1nc(N)c2cnn(-c3ccc(Br)cn3)c2n1. The standard InChI is InChI=1S/C11H9BrN6/c1-6-16-10(13)8-5-15-18(11(8)17-6)9-3-2-7(12)4-14-9/h2-5H,1H3,(H2,13,16,17). The smallest absolute Gasteiger partial charge is 0.170 e. The van der Waals surface area contributed by atoms with Gasteiger partial charge in [-0.1, -0.05) is 0 Å². The lowest BCUT2D eigenvalue weighted by molar-refractivity contribution is 0.857. The monoisotopic (exact) mass is 304 g/mol. The number of halogens is 1. The van der Waals surface area contributed by atoms with Crippen LogP contribution in [-0.2, 0) is 0 Å². The van der Waals surface area contributed by atoms with Crippen LogP contribution in [-0.4, -0.2) is 24.7 Å². The Bertz CT molecular complexity index is 718. The first-order valence-electron chi connectivity index (χ1n) is 5.25. The Morgan fingerprint density at radius 3 is 2.78 bits per heavy atom. The van der Waals surface area contributed by atoms with Crippen molar-refractivity contribution in [3.8, 4) is 5.82 Å². The molecule has 0 bridgehead atoms. The van der Waals surface area contributed by atoms with Crippen LogP contribution in [0.15, 0.2) is 29.0 Å². The molecule has 3 rings (SSSR count). The summed E-state index contributed by atoms with van der Waals surface area (Å²) in [4.78, 5) is 12.7. The second-order valence-corrected chi connectivity index (χ2v) is 4.70. The van der Waals surface area contributed by atoms with Gasteiger partial charge in [0.05, 0.1) is 11.6 Å². The minimum atomic E-state index is 0.431. The van der Waals surface area contributed by atoms with Gasteiger partial charge >= 0.3 is 0 Å². The van der Waals surface area contributed by atoms with E-state index in [0.29, 0.717) is 23.1 Å². The zero-order valence-electron chi connectivity index (χ0n) is 9.50. The van der Waals surface area contributed by atoms with Gasteiger partial charge < -0.3 is 5.73 Å². The van der Waals surface area contributed by atoms with Crippen molar-refractivity contribution < 1.29 is 0 Å². The third kappa shape index (κ3) is 1.72. The normalized spacial score (nSPS) is 11.0. The van der Waals surface area contributed by atoms with Gasteiger partial charge in [0.1, 0.15) is 11.6 Å². The Morgan fingerprint density at radius 2 is 2.06 bits per heavy atom. The fraction of sp³-hybridized carbons (Fsp3) is 0.0909. The highest BCUT2D eigenvalue weighted by atomic mass is 79.9. The quantitative estimate of drug-likeness (QED) is 0.742. The summed E-state index contributed by atoms with van der Waals surface area (Å²) >= 11 is 3.34. The summed E-state index contributed by atoms with van der Waals surface area (Å²) in [6, 6.07) is 3.75. The van der Waals surface area contributed by atoms with Gasteiger partial charge in [0, 0.05) is 10.7 Å². The van der Waals surface area contributed by atoms with Gasteiger partial charge in [0.25, 0.3) is 0 Å². The first-order chi connectivity index (χ1) is 8.65. The fourth-order valence-corrected chi connectivity index (χ4v) is 1.94. The first kappa shape index (κ1) is 11.1. The maximum absolute atomic E-state index is 5.84. The number of pyridine rings is 1. The molecule has 0 aromatic carbocycles. The van der Waals surface area contributed by atoms with Crippen LogP contribution >= 0.6 is 15.9 Å². The van der Waals surface area contributed by atoms with Crippen molar-refractivity contribution in [3.05, 3.63) is 34.8 Å². The Hall–Kier alpha value is -2.02. The lowest BCUT2D eigenvalue weighted by Crippen LogP contribution is -2.02. The van der Waals surface area contributed by atoms with Crippen LogP contribution in [0.25, 0.3) is 16.9 Å². The summed E-state index contributed by atoms with van der Waals surface area (Å²) < 4.78 is 2.56. The molecule has 2 N–H and O–H groups in total. The summed E-state index contributed by atoms with van der Waals surface area (Å²) in [6.07, 6.45) is 3.36. The number of hydrogen-bond donors (Lipinski definition) is 1. The van der Waals surface area contributed by atoms with E-state index in [1.54, 1.807) is 24.0 Å². The number of rotatable bonds is 1. The molecule has 3 heterocycles. The van der Waals surface area contributed by atoms with E-state index in [0.717, 1.165) is 9.86 Å². The average Bonchev–Trinajstić information content (AvgIpc) is 2.74. The summed E-state index contributed by atoms with van der Waals surface area (Å²) in [6.45, 7) is 1.79. The molecular formula is C11H9BrN6. The summed E-state index contributed by atoms with van der Waals surface area (Å²) in [7, 11) is 0. The molecule has 0 amide bonds. The molecule has 0 fully saturated rings. The molecule has 0 aliphatic rings. The van der Waals surface area contributed by atoms with E-state index in [1.165, 1.54) is 0 Å². The molecule has 0 unspecified atom stereocenters. The van der Waals surface area contributed by atoms with Crippen LogP contribution in [0.4, 0.5) is 5.82 Å². The molecule has 0 radical (unpaired) electrons. The van der Waals surface area contributed by atoms with Gasteiger partial charge in [-0.05, 0) is 35.0 Å². The van der Waals surface area contributed by atoms with E-state index in [1.807, 2.05) is 12.1 Å². The number of fused-ring (bicyclic) bond motifs is 1. The van der Waals surface area contributed by atoms with Crippen molar-refractivity contribution in [3.63, 3.8) is 0 Å². The Morgan fingerprint density at radius 1 is 1.22 bits per heavy atom. The maximum Gasteiger partial charge on any atom is 0.170 e. The molecule has 0 atom stereocenters. The zero-order valence-corrected chi connectivity index (χ0v) is 11.1. The van der Waals surface area contributed by atoms with E-state index in [4.69, 9.17) is 5.73 Å². The van der Waals surface area contributed by atoms with Crippen molar-refractivity contribution in [2.45, 2.75) is 6.92 Å². The topological polar surface area (TPSA) is 82.5 Å². The van der Waals surface area contributed by atoms with Crippen molar-refractivity contribution in [1.82, 2.24) is 24.7 Å². The third-order valence-corrected chi connectivity index (χ3v) is 2.97. The number of anilines is 1. The van der Waals surface area contributed by atoms with Crippen molar-refractivity contribution in [1.29, 1.82) is 0 Å². The lowest BCUT2D eigenvalue weighted by atomic mass is 10.4. The second kappa shape index (κ2) is 4.02. The third-order valence-electron chi connectivity index (χ3n) is 2.50. The molecular weight excluding hydrogens is 296 g/mol. The van der Waals surface area contributed by atoms with Gasteiger partial charge in [-0.3, -0.25) is 0 Å². The van der Waals surface area contributed by atoms with E-state index in [-0.39, 0.29) is 0 Å². The van der Waals surface area contributed by atoms with E-state index in [9.17, 15) is 0 Å². The number of aryl methyl sites for hydroxylation is 1. The fourth-order valence-electron chi connectivity index (χ4n) is 1.70. The Balaban J connectivity index is 2.27. The molecule has 90 valence electrons. The number of nitrogen functional groups attached to an aromatic ring is 1. The van der Waals surface area contributed by atoms with Crippen LogP contribution < -0.4 is 5.73 Å². The van der Waals surface area contributed by atoms with Gasteiger partial charge in [0.15, 0.2) is 11.5 Å². The summed E-state index contributed by atoms with van der Waals surface area (Å²) in [5.41, 5.74) is 6.50. The highest BCUT2D eigenvalue weighted by Gasteiger charge is 2.11. The first-order valence-corrected chi connectivity index (χ1v) is 6.04. The molecule has 3 aromatic rings. The minimum Gasteiger partial charge on any atom is -0.383 e. The predicted molar refractivity (Wildman–Crippen MR) is 71.3 cm³/mol. The van der Waals surface area contributed by atoms with E-state index in [2.05, 4.69) is 36.0 Å². The van der Waals surface area contributed by atoms with Gasteiger partial charge in [-0.25, -0.2) is 15.0 Å². The van der Waals surface area contributed by atoms with Gasteiger partial charge in [0.2, 0.25) is 0 Å². The molecule has 0 spiro atoms. The van der Waals surface area contributed by atoms with Crippen LogP contribution in [0.2, 0.25) is 0 Å². The van der Waals surface area contributed by atoms with E-state index < -0.39 is 0 Å². The van der Waals surface area contributed by atoms with Crippen LogP contribution in [0.1, 0.15) is 5.82 Å². The predicted octanol–water partition coefficient (Wildman–Crippen LogP) is 1.86. The molecule has 0 aliphatic carbocycles. The van der Waals surface area contributed by atoms with Crippen LogP contribution in [0, 0.1) is 6.92 Å². The Labute approximate surface area is 111 Å². The lowest BCUT2D eigenvalue weighted by Gasteiger charge is -2.03. The molecule has 7 heteroatoms. The van der Waals surface area contributed by atoms with Crippen molar-refractivity contribution in [2.24, 2.45) is 0 Å². The number of hydrogen-bond acceptors (Lipinski definition) is 5. The zero-order chi connectivity index (χ0) is 12.7. The summed E-state index contributed by atoms with van der Waals surface area (Å²) in [5, 5.41) is 4.98. The second-order valence-electron chi connectivity index (χ2n) is 3.78. The molecule has 6 nitrogen and oxygen atoms in total. The van der Waals surface area contributed by atoms with Crippen molar-refractivity contribution >= 4 is 32.8 Å². The average molecular weight is 305 g/mol. The highest BCUT2D eigenvalue weighted by Crippen LogP contribution is 2.20. The summed E-state index contributed by atoms with van der Waals surface area (Å²) in [5.74, 6) is 1.73. The molecule has 0 saturated carbocycles. The number of nitrogens with two attached hydrogens (primary N) is 1. The maximum atomic E-state index is 5.84. The molecule has 0 saturated heterocycles. The molecule has 3 aromatic heterocycles.